The topological polar surface area (TPSA) is 86.8 Å². The summed E-state index contributed by atoms with van der Waals surface area (Å²) in [7, 11) is 0. The highest BCUT2D eigenvalue weighted by Gasteiger charge is 2.41. The number of anilines is 2. The number of fused-ring (bicyclic) bond motifs is 2. The fourth-order valence-corrected chi connectivity index (χ4v) is 3.49. The summed E-state index contributed by atoms with van der Waals surface area (Å²) in [5.74, 6) is -0.951. The lowest BCUT2D eigenvalue weighted by Crippen LogP contribution is -2.45. The number of piperidine rings is 1. The third-order valence-corrected chi connectivity index (χ3v) is 4.24. The Morgan fingerprint density at radius 1 is 1.26 bits per heavy atom. The average molecular weight is 262 g/mol. The van der Waals surface area contributed by atoms with E-state index in [0.29, 0.717) is 5.69 Å². The molecule has 0 spiro atoms. The van der Waals surface area contributed by atoms with Gasteiger partial charge in [-0.2, -0.15) is 0 Å². The van der Waals surface area contributed by atoms with Gasteiger partial charge in [-0.15, -0.1) is 0 Å². The van der Waals surface area contributed by atoms with Crippen LogP contribution in [0.2, 0.25) is 0 Å². The van der Waals surface area contributed by atoms with Gasteiger partial charge in [0.05, 0.1) is 17.4 Å². The number of hydrogen-bond donors (Lipinski definition) is 3. The molecular weight excluding hydrogens is 244 g/mol. The van der Waals surface area contributed by atoms with E-state index in [2.05, 4.69) is 4.90 Å². The molecule has 0 aromatic heterocycles. The van der Waals surface area contributed by atoms with Crippen LogP contribution in [0.3, 0.4) is 0 Å². The van der Waals surface area contributed by atoms with E-state index in [1.54, 1.807) is 12.1 Å². The van der Waals surface area contributed by atoms with Crippen molar-refractivity contribution in [2.75, 3.05) is 10.6 Å². The molecule has 102 valence electrons. The molecule has 2 unspecified atom stereocenters. The third kappa shape index (κ3) is 2.04. The minimum absolute atomic E-state index is 0.246. The molecule has 2 heterocycles. The summed E-state index contributed by atoms with van der Waals surface area (Å²) >= 11 is 0. The lowest BCUT2D eigenvalue weighted by atomic mass is 9.97. The van der Waals surface area contributed by atoms with Gasteiger partial charge in [0.2, 0.25) is 0 Å². The lowest BCUT2D eigenvalue weighted by molar-refractivity contribution is 0.0697. The number of nitrogens with zero attached hydrogens (tertiary/aromatic N) is 1. The zero-order valence-corrected chi connectivity index (χ0v) is 10.6. The summed E-state index contributed by atoms with van der Waals surface area (Å²) in [6.07, 6.45) is 3.23. The van der Waals surface area contributed by atoms with Crippen LogP contribution >= 0.6 is 0 Å². The first-order chi connectivity index (χ1) is 9.06. The molecule has 1 aromatic rings. The number of aliphatic hydroxyl groups is 1. The standard InChI is InChI=1S/C14H18N2O3/c15-8-1-4-13(12(5-8)14(18)19)16-9-2-3-10(16)7-11(17)6-9/h1,4-5,9-11,17H,2-3,6-7,15H2,(H,18,19). The molecule has 2 fully saturated rings. The monoisotopic (exact) mass is 262 g/mol. The largest absolute Gasteiger partial charge is 0.478 e. The van der Waals surface area contributed by atoms with Crippen molar-refractivity contribution in [3.05, 3.63) is 23.8 Å². The highest BCUT2D eigenvalue weighted by atomic mass is 16.4. The van der Waals surface area contributed by atoms with Crippen LogP contribution in [-0.2, 0) is 0 Å². The highest BCUT2D eigenvalue weighted by Crippen LogP contribution is 2.41. The quantitative estimate of drug-likeness (QED) is 0.702. The minimum Gasteiger partial charge on any atom is -0.478 e. The first-order valence-electron chi connectivity index (χ1n) is 6.65. The molecule has 5 heteroatoms. The average Bonchev–Trinajstić information content (AvgIpc) is 2.62. The molecule has 4 N–H and O–H groups in total. The van der Waals surface area contributed by atoms with E-state index in [9.17, 15) is 15.0 Å². The van der Waals surface area contributed by atoms with Gasteiger partial charge in [0.15, 0.2) is 0 Å². The fraction of sp³-hybridized carbons (Fsp3) is 0.500. The Balaban J connectivity index is 2.01. The SMILES string of the molecule is Nc1ccc(N2C3CCC2CC(O)C3)c(C(=O)O)c1. The number of carbonyl (C=O) groups is 1. The summed E-state index contributed by atoms with van der Waals surface area (Å²) in [5, 5.41) is 19.1. The summed E-state index contributed by atoms with van der Waals surface area (Å²) in [5.41, 5.74) is 7.14. The Hall–Kier alpha value is -1.75. The molecule has 5 nitrogen and oxygen atoms in total. The normalized spacial score (nSPS) is 29.5. The van der Waals surface area contributed by atoms with E-state index in [4.69, 9.17) is 5.73 Å². The zero-order chi connectivity index (χ0) is 13.6. The van der Waals surface area contributed by atoms with Crippen molar-refractivity contribution in [3.63, 3.8) is 0 Å². The molecule has 2 aliphatic heterocycles. The lowest BCUT2D eigenvalue weighted by Gasteiger charge is -2.39. The van der Waals surface area contributed by atoms with E-state index < -0.39 is 5.97 Å². The van der Waals surface area contributed by atoms with Gasteiger partial charge in [-0.05, 0) is 43.9 Å². The highest BCUT2D eigenvalue weighted by molar-refractivity contribution is 5.95. The summed E-state index contributed by atoms with van der Waals surface area (Å²) in [6, 6.07) is 5.54. The second-order valence-corrected chi connectivity index (χ2v) is 5.50. The van der Waals surface area contributed by atoms with Crippen molar-refractivity contribution in [3.8, 4) is 0 Å². The van der Waals surface area contributed by atoms with Gasteiger partial charge in [0.1, 0.15) is 0 Å². The molecule has 0 aliphatic carbocycles. The second-order valence-electron chi connectivity index (χ2n) is 5.50. The predicted octanol–water partition coefficient (Wildman–Crippen LogP) is 1.46. The summed E-state index contributed by atoms with van der Waals surface area (Å²) in [4.78, 5) is 13.6. The molecular formula is C14H18N2O3. The van der Waals surface area contributed by atoms with Gasteiger partial charge < -0.3 is 20.8 Å². The molecule has 0 radical (unpaired) electrons. The second kappa shape index (κ2) is 4.42. The first kappa shape index (κ1) is 12.3. The van der Waals surface area contributed by atoms with Crippen LogP contribution in [0.4, 0.5) is 11.4 Å². The molecule has 19 heavy (non-hydrogen) atoms. The molecule has 0 amide bonds. The van der Waals surface area contributed by atoms with Crippen molar-refractivity contribution >= 4 is 17.3 Å². The van der Waals surface area contributed by atoms with Crippen molar-refractivity contribution in [1.82, 2.24) is 0 Å². The van der Waals surface area contributed by atoms with Crippen LogP contribution in [0.5, 0.6) is 0 Å². The maximum Gasteiger partial charge on any atom is 0.337 e. The Morgan fingerprint density at radius 2 is 1.89 bits per heavy atom. The number of nitrogens with two attached hydrogens (primary N) is 1. The number of aliphatic hydroxyl groups excluding tert-OH is 1. The van der Waals surface area contributed by atoms with Crippen LogP contribution in [0, 0.1) is 0 Å². The third-order valence-electron chi connectivity index (χ3n) is 4.24. The van der Waals surface area contributed by atoms with Crippen molar-refractivity contribution in [1.29, 1.82) is 0 Å². The minimum atomic E-state index is -0.951. The van der Waals surface area contributed by atoms with Crippen LogP contribution in [0.15, 0.2) is 18.2 Å². The maximum atomic E-state index is 11.4. The van der Waals surface area contributed by atoms with Crippen molar-refractivity contribution in [2.45, 2.75) is 43.9 Å². The molecule has 1 aromatic carbocycles. The molecule has 2 bridgehead atoms. The fourth-order valence-electron chi connectivity index (χ4n) is 3.49. The smallest absolute Gasteiger partial charge is 0.337 e. The van der Waals surface area contributed by atoms with Crippen LogP contribution in [0.1, 0.15) is 36.0 Å². The van der Waals surface area contributed by atoms with Crippen LogP contribution in [-0.4, -0.2) is 34.4 Å². The Morgan fingerprint density at radius 3 is 2.47 bits per heavy atom. The number of carboxylic acid groups (broad SMARTS) is 1. The van der Waals surface area contributed by atoms with E-state index >= 15 is 0 Å². The van der Waals surface area contributed by atoms with E-state index in [0.717, 1.165) is 31.4 Å². The number of aromatic carboxylic acids is 1. The zero-order valence-electron chi connectivity index (χ0n) is 10.6. The van der Waals surface area contributed by atoms with Gasteiger partial charge in [-0.3, -0.25) is 0 Å². The van der Waals surface area contributed by atoms with Gasteiger partial charge >= 0.3 is 5.97 Å². The van der Waals surface area contributed by atoms with E-state index in [1.165, 1.54) is 6.07 Å². The first-order valence-corrected chi connectivity index (χ1v) is 6.65. The molecule has 2 aliphatic rings. The van der Waals surface area contributed by atoms with Gasteiger partial charge in [0.25, 0.3) is 0 Å². The number of nitrogen functional groups attached to an aromatic ring is 1. The molecule has 2 saturated heterocycles. The molecule has 0 saturated carbocycles. The van der Waals surface area contributed by atoms with Gasteiger partial charge in [-0.25, -0.2) is 4.79 Å². The van der Waals surface area contributed by atoms with Gasteiger partial charge in [0, 0.05) is 17.8 Å². The maximum absolute atomic E-state index is 11.4. The molecule has 2 atom stereocenters. The van der Waals surface area contributed by atoms with Crippen LogP contribution in [0.25, 0.3) is 0 Å². The predicted molar refractivity (Wildman–Crippen MR) is 72.3 cm³/mol. The molecule has 3 rings (SSSR count). The van der Waals surface area contributed by atoms with Crippen molar-refractivity contribution < 1.29 is 15.0 Å². The summed E-state index contributed by atoms with van der Waals surface area (Å²) in [6.45, 7) is 0. The van der Waals surface area contributed by atoms with Crippen molar-refractivity contribution in [2.24, 2.45) is 0 Å². The number of benzene rings is 1. The Bertz CT molecular complexity index is 503. The number of carboxylic acids is 1. The Kier molecular flexibility index (Phi) is 2.86. The summed E-state index contributed by atoms with van der Waals surface area (Å²) < 4.78 is 0. The van der Waals surface area contributed by atoms with E-state index in [1.807, 2.05) is 0 Å². The number of hydrogen-bond acceptors (Lipinski definition) is 4. The van der Waals surface area contributed by atoms with E-state index in [-0.39, 0.29) is 23.8 Å². The van der Waals surface area contributed by atoms with Crippen LogP contribution < -0.4 is 10.6 Å². The Labute approximate surface area is 111 Å². The number of rotatable bonds is 2. The van der Waals surface area contributed by atoms with Gasteiger partial charge in [-0.1, -0.05) is 0 Å².